The van der Waals surface area contributed by atoms with Crippen LogP contribution in [0.4, 0.5) is 4.39 Å². The molecule has 2 amide bonds. The van der Waals surface area contributed by atoms with Crippen molar-refractivity contribution in [2.75, 3.05) is 13.2 Å². The minimum absolute atomic E-state index is 0.170. The molecule has 7 heteroatoms. The number of nitrogens with zero attached hydrogens (tertiary/aromatic N) is 1. The monoisotopic (exact) mass is 357 g/mol. The molecule has 0 saturated heterocycles. The van der Waals surface area contributed by atoms with Crippen LogP contribution in [0.25, 0.3) is 0 Å². The lowest BCUT2D eigenvalue weighted by atomic mass is 10.1. The maximum absolute atomic E-state index is 12.9. The summed E-state index contributed by atoms with van der Waals surface area (Å²) in [7, 11) is 0. The average Bonchev–Trinajstić information content (AvgIpc) is 2.86. The molecule has 6 nitrogen and oxygen atoms in total. The number of carbonyl (C=O) groups is 3. The number of esters is 1. The van der Waals surface area contributed by atoms with E-state index in [9.17, 15) is 18.8 Å². The Bertz CT molecular complexity index is 863. The van der Waals surface area contributed by atoms with Crippen LogP contribution >= 0.6 is 0 Å². The van der Waals surface area contributed by atoms with Gasteiger partial charge in [-0.3, -0.25) is 19.3 Å². The van der Waals surface area contributed by atoms with Crippen molar-refractivity contribution in [3.63, 3.8) is 0 Å². The van der Waals surface area contributed by atoms with E-state index >= 15 is 0 Å². The van der Waals surface area contributed by atoms with Crippen molar-refractivity contribution in [2.24, 2.45) is 0 Å². The molecule has 1 heterocycles. The Morgan fingerprint density at radius 1 is 1.04 bits per heavy atom. The molecule has 2 aromatic rings. The van der Waals surface area contributed by atoms with Gasteiger partial charge in [0.05, 0.1) is 17.7 Å². The molecule has 0 N–H and O–H groups in total. The first-order valence-electron chi connectivity index (χ1n) is 8.02. The summed E-state index contributed by atoms with van der Waals surface area (Å²) in [5, 5.41) is 0. The predicted molar refractivity (Wildman–Crippen MR) is 89.2 cm³/mol. The van der Waals surface area contributed by atoms with E-state index in [1.165, 1.54) is 24.3 Å². The largest absolute Gasteiger partial charge is 0.489 e. The number of benzene rings is 2. The van der Waals surface area contributed by atoms with E-state index in [0.29, 0.717) is 5.75 Å². The molecule has 0 aliphatic carbocycles. The van der Waals surface area contributed by atoms with Gasteiger partial charge in [-0.1, -0.05) is 12.1 Å². The number of hydrogen-bond donors (Lipinski definition) is 0. The zero-order chi connectivity index (χ0) is 18.7. The zero-order valence-corrected chi connectivity index (χ0v) is 14.0. The van der Waals surface area contributed by atoms with Gasteiger partial charge in [0, 0.05) is 0 Å². The first-order valence-corrected chi connectivity index (χ1v) is 8.02. The van der Waals surface area contributed by atoms with Gasteiger partial charge in [-0.15, -0.1) is 0 Å². The summed E-state index contributed by atoms with van der Waals surface area (Å²) in [6.45, 7) is 1.58. The minimum atomic E-state index is -0.644. The Labute approximate surface area is 149 Å². The average molecular weight is 357 g/mol. The lowest BCUT2D eigenvalue weighted by molar-refractivity contribution is -0.143. The summed E-state index contributed by atoms with van der Waals surface area (Å²) in [6.07, 6.45) is 0. The summed E-state index contributed by atoms with van der Waals surface area (Å²) in [5.74, 6) is -1.69. The van der Waals surface area contributed by atoms with Crippen molar-refractivity contribution in [3.05, 3.63) is 65.0 Å². The van der Waals surface area contributed by atoms with Crippen LogP contribution in [0.5, 0.6) is 5.75 Å². The van der Waals surface area contributed by atoms with Crippen molar-refractivity contribution in [1.29, 1.82) is 0 Å². The third-order valence-corrected chi connectivity index (χ3v) is 3.85. The van der Waals surface area contributed by atoms with Crippen molar-refractivity contribution in [2.45, 2.75) is 13.5 Å². The molecule has 0 aromatic heterocycles. The maximum atomic E-state index is 12.9. The first kappa shape index (κ1) is 17.6. The second-order valence-corrected chi connectivity index (χ2v) is 5.62. The Morgan fingerprint density at radius 2 is 1.73 bits per heavy atom. The second-order valence-electron chi connectivity index (χ2n) is 5.62. The zero-order valence-electron chi connectivity index (χ0n) is 14.0. The summed E-state index contributed by atoms with van der Waals surface area (Å²) < 4.78 is 23.3. The van der Waals surface area contributed by atoms with Crippen LogP contribution < -0.4 is 4.74 Å². The van der Waals surface area contributed by atoms with Crippen molar-refractivity contribution in [1.82, 2.24) is 4.90 Å². The van der Waals surface area contributed by atoms with E-state index in [1.54, 1.807) is 25.1 Å². The highest BCUT2D eigenvalue weighted by atomic mass is 19.1. The number of hydrogen-bond acceptors (Lipinski definition) is 5. The van der Waals surface area contributed by atoms with Crippen LogP contribution in [0, 0.1) is 5.82 Å². The van der Waals surface area contributed by atoms with Crippen molar-refractivity contribution < 1.29 is 28.2 Å². The quantitative estimate of drug-likeness (QED) is 0.587. The van der Waals surface area contributed by atoms with Gasteiger partial charge in [-0.05, 0) is 42.8 Å². The molecule has 1 aliphatic heterocycles. The fourth-order valence-corrected chi connectivity index (χ4v) is 2.59. The third-order valence-electron chi connectivity index (χ3n) is 3.85. The van der Waals surface area contributed by atoms with E-state index in [-0.39, 0.29) is 30.2 Å². The first-order chi connectivity index (χ1) is 12.5. The van der Waals surface area contributed by atoms with Crippen LogP contribution in [0.1, 0.15) is 33.2 Å². The van der Waals surface area contributed by atoms with Crippen molar-refractivity contribution in [3.8, 4) is 5.75 Å². The minimum Gasteiger partial charge on any atom is -0.489 e. The number of carbonyl (C=O) groups excluding carboxylic acids is 3. The molecule has 0 unspecified atom stereocenters. The molecule has 1 aliphatic rings. The standard InChI is InChI=1S/C19H16FNO5/c1-2-25-17(22)10-21-18(23)15-8-7-14(9-16(15)19(21)24)26-11-12-3-5-13(20)6-4-12/h3-9H,2,10-11H2,1H3. The van der Waals surface area contributed by atoms with Gasteiger partial charge in [-0.25, -0.2) is 4.39 Å². The fraction of sp³-hybridized carbons (Fsp3) is 0.211. The molecule has 0 spiro atoms. The van der Waals surface area contributed by atoms with Gasteiger partial charge in [0.1, 0.15) is 24.7 Å². The molecule has 0 radical (unpaired) electrons. The summed E-state index contributed by atoms with van der Waals surface area (Å²) >= 11 is 0. The molecule has 3 rings (SSSR count). The van der Waals surface area contributed by atoms with E-state index < -0.39 is 24.3 Å². The topological polar surface area (TPSA) is 72.9 Å². The molecule has 0 atom stereocenters. The van der Waals surface area contributed by atoms with Gasteiger partial charge in [-0.2, -0.15) is 0 Å². The van der Waals surface area contributed by atoms with E-state index in [4.69, 9.17) is 9.47 Å². The van der Waals surface area contributed by atoms with Crippen LogP contribution in [0.2, 0.25) is 0 Å². The maximum Gasteiger partial charge on any atom is 0.326 e. The molecule has 0 bridgehead atoms. The molecule has 134 valence electrons. The number of imide groups is 1. The van der Waals surface area contributed by atoms with E-state index in [2.05, 4.69) is 0 Å². The molecular weight excluding hydrogens is 341 g/mol. The van der Waals surface area contributed by atoms with Crippen LogP contribution in [0.15, 0.2) is 42.5 Å². The Kier molecular flexibility index (Phi) is 4.97. The lowest BCUT2D eigenvalue weighted by Gasteiger charge is -2.12. The van der Waals surface area contributed by atoms with Crippen LogP contribution in [0.3, 0.4) is 0 Å². The molecule has 0 fully saturated rings. The predicted octanol–water partition coefficient (Wildman–Crippen LogP) is 2.56. The molecular formula is C19H16FNO5. The molecule has 0 saturated carbocycles. The van der Waals surface area contributed by atoms with Gasteiger partial charge in [0.15, 0.2) is 0 Å². The Morgan fingerprint density at radius 3 is 2.42 bits per heavy atom. The number of ether oxygens (including phenoxy) is 2. The number of amides is 2. The Balaban J connectivity index is 1.72. The van der Waals surface area contributed by atoms with E-state index in [0.717, 1.165) is 10.5 Å². The van der Waals surface area contributed by atoms with Gasteiger partial charge < -0.3 is 9.47 Å². The number of rotatable bonds is 6. The van der Waals surface area contributed by atoms with Gasteiger partial charge in [0.25, 0.3) is 11.8 Å². The Hall–Kier alpha value is -3.22. The highest BCUT2D eigenvalue weighted by Gasteiger charge is 2.37. The highest BCUT2D eigenvalue weighted by molar-refractivity contribution is 6.22. The molecule has 26 heavy (non-hydrogen) atoms. The highest BCUT2D eigenvalue weighted by Crippen LogP contribution is 2.27. The summed E-state index contributed by atoms with van der Waals surface area (Å²) in [4.78, 5) is 37.1. The van der Waals surface area contributed by atoms with Gasteiger partial charge in [0.2, 0.25) is 0 Å². The summed E-state index contributed by atoms with van der Waals surface area (Å²) in [6, 6.07) is 10.4. The number of fused-ring (bicyclic) bond motifs is 1. The molecule has 2 aromatic carbocycles. The summed E-state index contributed by atoms with van der Waals surface area (Å²) in [5.41, 5.74) is 1.16. The van der Waals surface area contributed by atoms with Crippen molar-refractivity contribution >= 4 is 17.8 Å². The second kappa shape index (κ2) is 7.35. The third kappa shape index (κ3) is 3.56. The normalized spacial score (nSPS) is 12.9. The van der Waals surface area contributed by atoms with Crippen LogP contribution in [-0.2, 0) is 16.1 Å². The number of halogens is 1. The SMILES string of the molecule is CCOC(=O)CN1C(=O)c2ccc(OCc3ccc(F)cc3)cc2C1=O. The van der Waals surface area contributed by atoms with Crippen LogP contribution in [-0.4, -0.2) is 35.8 Å². The lowest BCUT2D eigenvalue weighted by Crippen LogP contribution is -2.35. The smallest absolute Gasteiger partial charge is 0.326 e. The van der Waals surface area contributed by atoms with Gasteiger partial charge >= 0.3 is 5.97 Å². The fourth-order valence-electron chi connectivity index (χ4n) is 2.59. The van der Waals surface area contributed by atoms with E-state index in [1.807, 2.05) is 0 Å².